The van der Waals surface area contributed by atoms with Crippen LogP contribution in [0.3, 0.4) is 0 Å². The molecule has 0 spiro atoms. The third-order valence-electron chi connectivity index (χ3n) is 2.91. The van der Waals surface area contributed by atoms with Gasteiger partial charge >= 0.3 is 0 Å². The first-order chi connectivity index (χ1) is 8.58. The summed E-state index contributed by atoms with van der Waals surface area (Å²) in [7, 11) is 1.93. The van der Waals surface area contributed by atoms with Crippen molar-refractivity contribution in [1.29, 1.82) is 0 Å². The van der Waals surface area contributed by atoms with Crippen molar-refractivity contribution < 1.29 is 0 Å². The van der Waals surface area contributed by atoms with Crippen molar-refractivity contribution in [3.8, 4) is 5.69 Å². The van der Waals surface area contributed by atoms with Crippen LogP contribution in [-0.4, -0.2) is 19.3 Å². The lowest BCUT2D eigenvalue weighted by molar-refractivity contribution is 0.759. The molecule has 6 heteroatoms. The van der Waals surface area contributed by atoms with Crippen LogP contribution >= 0.6 is 34.8 Å². The van der Waals surface area contributed by atoms with Crippen LogP contribution in [0, 0.1) is 15.3 Å². The fourth-order valence-electron chi connectivity index (χ4n) is 2.16. The van der Waals surface area contributed by atoms with E-state index in [4.69, 9.17) is 12.2 Å². The number of aryl methyl sites for hydroxylation is 2. The first-order valence-corrected chi connectivity index (χ1v) is 6.97. The van der Waals surface area contributed by atoms with Gasteiger partial charge in [-0.05, 0) is 59.9 Å². The van der Waals surface area contributed by atoms with Crippen LogP contribution in [0.15, 0.2) is 24.3 Å². The Morgan fingerprint density at radius 1 is 1.39 bits per heavy atom. The van der Waals surface area contributed by atoms with E-state index < -0.39 is 0 Å². The van der Waals surface area contributed by atoms with E-state index in [1.54, 1.807) is 0 Å². The first kappa shape index (κ1) is 11.9. The third-order valence-corrected chi connectivity index (χ3v) is 3.86. The summed E-state index contributed by atoms with van der Waals surface area (Å²) in [5.41, 5.74) is 4.02. The van der Waals surface area contributed by atoms with Crippen LogP contribution in [0.5, 0.6) is 0 Å². The van der Waals surface area contributed by atoms with Gasteiger partial charge in [-0.3, -0.25) is 4.57 Å². The van der Waals surface area contributed by atoms with Gasteiger partial charge in [0.05, 0.1) is 11.4 Å². The second-order valence-electron chi connectivity index (χ2n) is 4.15. The molecule has 0 atom stereocenters. The summed E-state index contributed by atoms with van der Waals surface area (Å²) in [5.74, 6) is 0. The van der Waals surface area contributed by atoms with Crippen LogP contribution in [-0.2, 0) is 7.05 Å². The summed E-state index contributed by atoms with van der Waals surface area (Å²) in [6.07, 6.45) is 0. The van der Waals surface area contributed by atoms with Crippen LogP contribution in [0.1, 0.15) is 5.69 Å². The molecule has 4 nitrogen and oxygen atoms in total. The zero-order chi connectivity index (χ0) is 12.9. The fraction of sp³-hybridized carbons (Fsp3) is 0.167. The molecule has 0 saturated heterocycles. The Balaban J connectivity index is 2.42. The Morgan fingerprint density at radius 2 is 2.17 bits per heavy atom. The van der Waals surface area contributed by atoms with Crippen molar-refractivity contribution in [2.75, 3.05) is 0 Å². The van der Waals surface area contributed by atoms with Crippen LogP contribution in [0.2, 0.25) is 0 Å². The van der Waals surface area contributed by atoms with Crippen LogP contribution in [0.4, 0.5) is 0 Å². The second kappa shape index (κ2) is 4.20. The van der Waals surface area contributed by atoms with Gasteiger partial charge in [0.15, 0.2) is 10.4 Å². The molecule has 2 heterocycles. The molecule has 0 bridgehead atoms. The summed E-state index contributed by atoms with van der Waals surface area (Å²) < 4.78 is 5.76. The van der Waals surface area contributed by atoms with Gasteiger partial charge in [-0.2, -0.15) is 5.10 Å². The van der Waals surface area contributed by atoms with Gasteiger partial charge in [0.25, 0.3) is 0 Å². The zero-order valence-electron chi connectivity index (χ0n) is 9.94. The molecule has 0 aliphatic rings. The SMILES string of the molecule is Cc1nn(C)c2c1[nH]c(=S)n2-c1cccc(I)c1. The zero-order valence-corrected chi connectivity index (χ0v) is 12.9. The van der Waals surface area contributed by atoms with E-state index in [9.17, 15) is 0 Å². The first-order valence-electron chi connectivity index (χ1n) is 5.48. The maximum atomic E-state index is 5.42. The van der Waals surface area contributed by atoms with Gasteiger partial charge in [0.2, 0.25) is 0 Å². The molecule has 2 aromatic heterocycles. The highest BCUT2D eigenvalue weighted by Crippen LogP contribution is 2.22. The maximum absolute atomic E-state index is 5.42. The van der Waals surface area contributed by atoms with E-state index in [1.165, 1.54) is 3.57 Å². The normalized spacial score (nSPS) is 11.3. The molecule has 0 saturated carbocycles. The summed E-state index contributed by atoms with van der Waals surface area (Å²) >= 11 is 7.71. The quantitative estimate of drug-likeness (QED) is 0.527. The van der Waals surface area contributed by atoms with E-state index in [2.05, 4.69) is 44.8 Å². The largest absolute Gasteiger partial charge is 0.327 e. The Labute approximate surface area is 123 Å². The molecule has 0 amide bonds. The van der Waals surface area contributed by atoms with Gasteiger partial charge < -0.3 is 4.98 Å². The molecular weight excluding hydrogens is 359 g/mol. The van der Waals surface area contributed by atoms with Gasteiger partial charge in [0, 0.05) is 10.6 Å². The van der Waals surface area contributed by atoms with Gasteiger partial charge in [0.1, 0.15) is 5.52 Å². The highest BCUT2D eigenvalue weighted by atomic mass is 127. The van der Waals surface area contributed by atoms with Crippen molar-refractivity contribution in [3.05, 3.63) is 38.3 Å². The standard InChI is InChI=1S/C12H11IN4S/c1-7-10-11(16(2)15-7)17(12(18)14-10)9-5-3-4-8(13)6-9/h3-6H,1-2H3,(H,14,18). The van der Waals surface area contributed by atoms with E-state index in [1.807, 2.05) is 35.4 Å². The lowest BCUT2D eigenvalue weighted by Gasteiger charge is -2.05. The number of aromatic amines is 1. The molecule has 1 N–H and O–H groups in total. The van der Waals surface area contributed by atoms with Gasteiger partial charge in [-0.1, -0.05) is 6.07 Å². The number of fused-ring (bicyclic) bond motifs is 1. The molecule has 3 aromatic rings. The molecule has 0 aliphatic carbocycles. The summed E-state index contributed by atoms with van der Waals surface area (Å²) in [4.78, 5) is 3.23. The van der Waals surface area contributed by atoms with Crippen molar-refractivity contribution in [2.45, 2.75) is 6.92 Å². The number of nitrogens with zero attached hydrogens (tertiary/aromatic N) is 3. The number of halogens is 1. The summed E-state index contributed by atoms with van der Waals surface area (Å²) in [6, 6.07) is 8.24. The Morgan fingerprint density at radius 3 is 2.89 bits per heavy atom. The predicted molar refractivity (Wildman–Crippen MR) is 82.7 cm³/mol. The average Bonchev–Trinajstić information content (AvgIpc) is 2.78. The molecule has 0 aliphatic heterocycles. The van der Waals surface area contributed by atoms with Crippen molar-refractivity contribution in [2.24, 2.45) is 7.05 Å². The van der Waals surface area contributed by atoms with Gasteiger partial charge in [-0.15, -0.1) is 0 Å². The Hall–Kier alpha value is -1.15. The number of nitrogens with one attached hydrogen (secondary N) is 1. The fourth-order valence-corrected chi connectivity index (χ4v) is 2.98. The highest BCUT2D eigenvalue weighted by molar-refractivity contribution is 14.1. The van der Waals surface area contributed by atoms with E-state index in [0.717, 1.165) is 22.5 Å². The second-order valence-corrected chi connectivity index (χ2v) is 5.79. The smallest absolute Gasteiger partial charge is 0.184 e. The Kier molecular flexibility index (Phi) is 2.78. The molecule has 3 rings (SSSR count). The lowest BCUT2D eigenvalue weighted by atomic mass is 10.3. The lowest BCUT2D eigenvalue weighted by Crippen LogP contribution is -2.00. The Bertz CT molecular complexity index is 796. The van der Waals surface area contributed by atoms with Crippen LogP contribution in [0.25, 0.3) is 16.9 Å². The number of hydrogen-bond acceptors (Lipinski definition) is 2. The van der Waals surface area contributed by atoms with Gasteiger partial charge in [-0.25, -0.2) is 4.68 Å². The minimum Gasteiger partial charge on any atom is -0.327 e. The molecule has 1 aromatic carbocycles. The monoisotopic (exact) mass is 370 g/mol. The van der Waals surface area contributed by atoms with E-state index >= 15 is 0 Å². The number of imidazole rings is 1. The minimum atomic E-state index is 0.697. The molecule has 0 radical (unpaired) electrons. The van der Waals surface area contributed by atoms with E-state index in [-0.39, 0.29) is 0 Å². The number of benzene rings is 1. The summed E-state index contributed by atoms with van der Waals surface area (Å²) in [5, 5.41) is 4.42. The van der Waals surface area contributed by atoms with Crippen molar-refractivity contribution in [1.82, 2.24) is 19.3 Å². The van der Waals surface area contributed by atoms with Crippen LogP contribution < -0.4 is 0 Å². The predicted octanol–water partition coefficient (Wildman–Crippen LogP) is 3.33. The van der Waals surface area contributed by atoms with Crippen molar-refractivity contribution in [3.63, 3.8) is 0 Å². The summed E-state index contributed by atoms with van der Waals surface area (Å²) in [6.45, 7) is 1.98. The molecule has 18 heavy (non-hydrogen) atoms. The highest BCUT2D eigenvalue weighted by Gasteiger charge is 2.13. The van der Waals surface area contributed by atoms with E-state index in [0.29, 0.717) is 4.77 Å². The maximum Gasteiger partial charge on any atom is 0.184 e. The third kappa shape index (κ3) is 1.71. The molecule has 0 fully saturated rings. The molecule has 0 unspecified atom stereocenters. The topological polar surface area (TPSA) is 38.5 Å². The average molecular weight is 370 g/mol. The number of hydrogen-bond donors (Lipinski definition) is 1. The number of H-pyrrole nitrogens is 1. The number of aromatic nitrogens is 4. The number of rotatable bonds is 1. The minimum absolute atomic E-state index is 0.697. The van der Waals surface area contributed by atoms with Crippen molar-refractivity contribution >= 4 is 46.0 Å². The molecule has 92 valence electrons. The molecular formula is C12H11IN4S.